The van der Waals surface area contributed by atoms with E-state index in [4.69, 9.17) is 9.47 Å². The van der Waals surface area contributed by atoms with Gasteiger partial charge >= 0.3 is 0 Å². The van der Waals surface area contributed by atoms with E-state index in [1.54, 1.807) is 29.8 Å². The highest BCUT2D eigenvalue weighted by Crippen LogP contribution is 2.28. The predicted octanol–water partition coefficient (Wildman–Crippen LogP) is 2.75. The van der Waals surface area contributed by atoms with Gasteiger partial charge < -0.3 is 14.8 Å². The molecule has 0 radical (unpaired) electrons. The summed E-state index contributed by atoms with van der Waals surface area (Å²) in [4.78, 5) is 12.0. The van der Waals surface area contributed by atoms with E-state index in [2.05, 4.69) is 20.6 Å². The lowest BCUT2D eigenvalue weighted by Gasteiger charge is -2.09. The number of carbonyl (C=O) groups is 1. The Morgan fingerprint density at radius 3 is 2.80 bits per heavy atom. The number of benzene rings is 2. The molecule has 0 aliphatic heterocycles. The van der Waals surface area contributed by atoms with Crippen LogP contribution in [0.4, 0.5) is 4.39 Å². The molecule has 2 heterocycles. The van der Waals surface area contributed by atoms with Crippen LogP contribution in [-0.4, -0.2) is 46.0 Å². The van der Waals surface area contributed by atoms with Gasteiger partial charge in [0.2, 0.25) is 5.88 Å². The normalized spacial score (nSPS) is 10.7. The number of halogens is 1. The van der Waals surface area contributed by atoms with E-state index < -0.39 is 5.82 Å². The Morgan fingerprint density at radius 1 is 1.10 bits per heavy atom. The Hall–Kier alpha value is -4.01. The molecule has 30 heavy (non-hydrogen) atoms. The maximum atomic E-state index is 13.2. The molecule has 0 saturated heterocycles. The Morgan fingerprint density at radius 2 is 1.97 bits per heavy atom. The highest BCUT2D eigenvalue weighted by atomic mass is 19.1. The summed E-state index contributed by atoms with van der Waals surface area (Å²) in [7, 11) is 1.59. The highest BCUT2D eigenvalue weighted by molar-refractivity contribution is 5.94. The number of para-hydroxylation sites is 1. The summed E-state index contributed by atoms with van der Waals surface area (Å²) < 4.78 is 25.8. The SMILES string of the molecule is COc1ccccc1-c1nnc2ccc(OCCNC(=O)c3cccc(F)c3)nn12. The summed E-state index contributed by atoms with van der Waals surface area (Å²) in [6.45, 7) is 0.419. The second kappa shape index (κ2) is 8.56. The number of carbonyl (C=O) groups excluding carboxylic acids is 1. The fourth-order valence-corrected chi connectivity index (χ4v) is 2.90. The first-order chi connectivity index (χ1) is 14.7. The van der Waals surface area contributed by atoms with Gasteiger partial charge in [-0.3, -0.25) is 4.79 Å². The lowest BCUT2D eigenvalue weighted by molar-refractivity contribution is 0.0946. The van der Waals surface area contributed by atoms with E-state index in [0.717, 1.165) is 5.56 Å². The topological polar surface area (TPSA) is 90.6 Å². The van der Waals surface area contributed by atoms with Gasteiger partial charge in [0.15, 0.2) is 11.5 Å². The average Bonchev–Trinajstić information content (AvgIpc) is 3.19. The Labute approximate surface area is 171 Å². The zero-order valence-corrected chi connectivity index (χ0v) is 16.1. The number of hydrogen-bond acceptors (Lipinski definition) is 6. The van der Waals surface area contributed by atoms with Crippen molar-refractivity contribution in [2.24, 2.45) is 0 Å². The number of fused-ring (bicyclic) bond motifs is 1. The van der Waals surface area contributed by atoms with Gasteiger partial charge in [-0.1, -0.05) is 18.2 Å². The molecule has 0 unspecified atom stereocenters. The average molecular weight is 407 g/mol. The van der Waals surface area contributed by atoms with Crippen LogP contribution in [-0.2, 0) is 0 Å². The summed E-state index contributed by atoms with van der Waals surface area (Å²) >= 11 is 0. The maximum Gasteiger partial charge on any atom is 0.251 e. The van der Waals surface area contributed by atoms with Crippen LogP contribution in [0.3, 0.4) is 0 Å². The number of rotatable bonds is 7. The fourth-order valence-electron chi connectivity index (χ4n) is 2.90. The molecular weight excluding hydrogens is 389 g/mol. The first-order valence-electron chi connectivity index (χ1n) is 9.18. The van der Waals surface area contributed by atoms with E-state index in [1.165, 1.54) is 18.2 Å². The summed E-state index contributed by atoms with van der Waals surface area (Å²) in [5, 5.41) is 15.4. The number of methoxy groups -OCH3 is 1. The van der Waals surface area contributed by atoms with Crippen molar-refractivity contribution in [2.75, 3.05) is 20.3 Å². The van der Waals surface area contributed by atoms with E-state index in [1.807, 2.05) is 24.3 Å². The Balaban J connectivity index is 1.43. The van der Waals surface area contributed by atoms with Crippen molar-refractivity contribution in [1.82, 2.24) is 25.1 Å². The number of amides is 1. The minimum Gasteiger partial charge on any atom is -0.496 e. The third-order valence-electron chi connectivity index (χ3n) is 4.31. The van der Waals surface area contributed by atoms with Gasteiger partial charge in [0.1, 0.15) is 18.2 Å². The van der Waals surface area contributed by atoms with Crippen LogP contribution in [0.2, 0.25) is 0 Å². The molecular formula is C21H18FN5O3. The first-order valence-corrected chi connectivity index (χ1v) is 9.18. The number of ether oxygens (including phenoxy) is 2. The highest BCUT2D eigenvalue weighted by Gasteiger charge is 2.14. The Kier molecular flexibility index (Phi) is 5.51. The summed E-state index contributed by atoms with van der Waals surface area (Å²) in [6, 6.07) is 16.3. The van der Waals surface area contributed by atoms with Crippen LogP contribution in [0.25, 0.3) is 17.0 Å². The number of nitrogens with zero attached hydrogens (tertiary/aromatic N) is 4. The van der Waals surface area contributed by atoms with Gasteiger partial charge in [-0.25, -0.2) is 4.39 Å². The molecule has 0 fully saturated rings. The zero-order chi connectivity index (χ0) is 20.9. The standard InChI is InChI=1S/C21H18FN5O3/c1-29-17-8-3-2-7-16(17)20-25-24-18-9-10-19(26-27(18)20)30-12-11-23-21(28)14-5-4-6-15(22)13-14/h2-10,13H,11-12H2,1H3,(H,23,28). The predicted molar refractivity (Wildman–Crippen MR) is 107 cm³/mol. The molecule has 2 aromatic heterocycles. The van der Waals surface area contributed by atoms with Crippen LogP contribution < -0.4 is 14.8 Å². The first kappa shape index (κ1) is 19.3. The molecule has 0 bridgehead atoms. The summed E-state index contributed by atoms with van der Waals surface area (Å²) in [5.41, 5.74) is 1.56. The third kappa shape index (κ3) is 4.04. The van der Waals surface area contributed by atoms with Crippen molar-refractivity contribution >= 4 is 11.6 Å². The van der Waals surface area contributed by atoms with Crippen LogP contribution in [0.1, 0.15) is 10.4 Å². The van der Waals surface area contributed by atoms with Crippen LogP contribution in [0, 0.1) is 5.82 Å². The molecule has 1 N–H and O–H groups in total. The lowest BCUT2D eigenvalue weighted by Crippen LogP contribution is -2.28. The van der Waals surface area contributed by atoms with Crippen molar-refractivity contribution < 1.29 is 18.7 Å². The van der Waals surface area contributed by atoms with Crippen LogP contribution >= 0.6 is 0 Å². The van der Waals surface area contributed by atoms with Gasteiger partial charge in [-0.05, 0) is 36.4 Å². The van der Waals surface area contributed by atoms with Gasteiger partial charge in [-0.15, -0.1) is 15.3 Å². The lowest BCUT2D eigenvalue weighted by atomic mass is 10.2. The molecule has 0 aliphatic rings. The molecule has 4 aromatic rings. The summed E-state index contributed by atoms with van der Waals surface area (Å²) in [6.07, 6.45) is 0. The molecule has 0 saturated carbocycles. The number of hydrogen-bond donors (Lipinski definition) is 1. The van der Waals surface area contributed by atoms with E-state index in [-0.39, 0.29) is 24.6 Å². The van der Waals surface area contributed by atoms with E-state index >= 15 is 0 Å². The van der Waals surface area contributed by atoms with Gasteiger partial charge in [-0.2, -0.15) is 4.52 Å². The van der Waals surface area contributed by atoms with Crippen molar-refractivity contribution in [1.29, 1.82) is 0 Å². The molecule has 8 nitrogen and oxygen atoms in total. The molecule has 0 aliphatic carbocycles. The van der Waals surface area contributed by atoms with E-state index in [9.17, 15) is 9.18 Å². The zero-order valence-electron chi connectivity index (χ0n) is 16.1. The van der Waals surface area contributed by atoms with Gasteiger partial charge in [0.05, 0.1) is 19.2 Å². The monoisotopic (exact) mass is 407 g/mol. The maximum absolute atomic E-state index is 13.2. The smallest absolute Gasteiger partial charge is 0.251 e. The van der Waals surface area contributed by atoms with Gasteiger partial charge in [0.25, 0.3) is 5.91 Å². The second-order valence-electron chi connectivity index (χ2n) is 6.28. The number of nitrogens with one attached hydrogen (secondary N) is 1. The van der Waals surface area contributed by atoms with Crippen molar-refractivity contribution in [2.45, 2.75) is 0 Å². The van der Waals surface area contributed by atoms with Gasteiger partial charge in [0, 0.05) is 11.6 Å². The van der Waals surface area contributed by atoms with Crippen molar-refractivity contribution in [3.63, 3.8) is 0 Å². The molecule has 4 rings (SSSR count). The molecule has 9 heteroatoms. The van der Waals surface area contributed by atoms with E-state index in [0.29, 0.717) is 23.1 Å². The minimum atomic E-state index is -0.462. The van der Waals surface area contributed by atoms with Crippen LogP contribution in [0.5, 0.6) is 11.6 Å². The second-order valence-corrected chi connectivity index (χ2v) is 6.28. The van der Waals surface area contributed by atoms with Crippen molar-refractivity contribution in [3.05, 3.63) is 72.0 Å². The minimum absolute atomic E-state index is 0.186. The molecule has 0 atom stereocenters. The molecule has 152 valence electrons. The quantitative estimate of drug-likeness (QED) is 0.474. The third-order valence-corrected chi connectivity index (χ3v) is 4.31. The molecule has 0 spiro atoms. The largest absolute Gasteiger partial charge is 0.496 e. The van der Waals surface area contributed by atoms with Crippen molar-refractivity contribution in [3.8, 4) is 23.0 Å². The fraction of sp³-hybridized carbons (Fsp3) is 0.143. The Bertz CT molecular complexity index is 1190. The molecule has 2 aromatic carbocycles. The number of aromatic nitrogens is 4. The van der Waals surface area contributed by atoms with Crippen LogP contribution in [0.15, 0.2) is 60.7 Å². The molecule has 1 amide bonds. The summed E-state index contributed by atoms with van der Waals surface area (Å²) in [5.74, 6) is 0.681.